The highest BCUT2D eigenvalue weighted by Gasteiger charge is 2.04. The molecular weight excluding hydrogens is 274 g/mol. The molecular formula is C16H18ClNS. The summed E-state index contributed by atoms with van der Waals surface area (Å²) in [7, 11) is 0. The van der Waals surface area contributed by atoms with Crippen molar-refractivity contribution in [2.75, 3.05) is 5.75 Å². The van der Waals surface area contributed by atoms with E-state index in [-0.39, 0.29) is 6.04 Å². The molecule has 0 amide bonds. The van der Waals surface area contributed by atoms with Gasteiger partial charge >= 0.3 is 0 Å². The van der Waals surface area contributed by atoms with Crippen molar-refractivity contribution in [3.8, 4) is 0 Å². The molecule has 0 aliphatic heterocycles. The SMILES string of the molecule is NC(CCc1ccccc1)CSc1ccc(Cl)cc1. The maximum absolute atomic E-state index is 6.15. The van der Waals surface area contributed by atoms with Gasteiger partial charge in [0.25, 0.3) is 0 Å². The Kier molecular flexibility index (Phi) is 5.77. The molecule has 0 saturated carbocycles. The van der Waals surface area contributed by atoms with Crippen molar-refractivity contribution < 1.29 is 0 Å². The minimum Gasteiger partial charge on any atom is -0.327 e. The predicted molar refractivity (Wildman–Crippen MR) is 84.9 cm³/mol. The molecule has 0 aliphatic rings. The van der Waals surface area contributed by atoms with Gasteiger partial charge in [0.05, 0.1) is 0 Å². The molecule has 0 aliphatic carbocycles. The Morgan fingerprint density at radius 2 is 1.68 bits per heavy atom. The summed E-state index contributed by atoms with van der Waals surface area (Å²) in [6.45, 7) is 0. The zero-order chi connectivity index (χ0) is 13.5. The standard InChI is InChI=1S/C16H18ClNS/c17-14-7-10-16(11-8-14)19-12-15(18)9-6-13-4-2-1-3-5-13/h1-5,7-8,10-11,15H,6,9,12,18H2. The highest BCUT2D eigenvalue weighted by atomic mass is 35.5. The molecule has 19 heavy (non-hydrogen) atoms. The Balaban J connectivity index is 1.72. The third kappa shape index (κ3) is 5.27. The van der Waals surface area contributed by atoms with E-state index in [1.54, 1.807) is 11.8 Å². The average Bonchev–Trinajstić information content (AvgIpc) is 2.45. The van der Waals surface area contributed by atoms with Gasteiger partial charge in [0.1, 0.15) is 0 Å². The van der Waals surface area contributed by atoms with E-state index < -0.39 is 0 Å². The fraction of sp³-hybridized carbons (Fsp3) is 0.250. The zero-order valence-corrected chi connectivity index (χ0v) is 12.3. The molecule has 0 saturated heterocycles. The number of halogens is 1. The minimum atomic E-state index is 0.223. The molecule has 1 unspecified atom stereocenters. The van der Waals surface area contributed by atoms with Crippen LogP contribution in [0.15, 0.2) is 59.5 Å². The van der Waals surface area contributed by atoms with E-state index in [0.717, 1.165) is 23.6 Å². The highest BCUT2D eigenvalue weighted by Crippen LogP contribution is 2.21. The number of hydrogen-bond donors (Lipinski definition) is 1. The number of hydrogen-bond acceptors (Lipinski definition) is 2. The molecule has 2 N–H and O–H groups in total. The molecule has 0 radical (unpaired) electrons. The predicted octanol–water partition coefficient (Wildman–Crippen LogP) is 4.39. The lowest BCUT2D eigenvalue weighted by molar-refractivity contribution is 0.674. The van der Waals surface area contributed by atoms with Gasteiger partial charge < -0.3 is 5.73 Å². The number of thioether (sulfide) groups is 1. The third-order valence-corrected chi connectivity index (χ3v) is 4.38. The fourth-order valence-corrected chi connectivity index (χ4v) is 2.84. The van der Waals surface area contributed by atoms with Crippen molar-refractivity contribution >= 4 is 23.4 Å². The van der Waals surface area contributed by atoms with Gasteiger partial charge in [-0.3, -0.25) is 0 Å². The summed E-state index contributed by atoms with van der Waals surface area (Å²) in [5, 5.41) is 0.776. The maximum Gasteiger partial charge on any atom is 0.0406 e. The van der Waals surface area contributed by atoms with E-state index in [2.05, 4.69) is 24.3 Å². The number of aryl methyl sites for hydroxylation is 1. The Bertz CT molecular complexity index is 484. The molecule has 1 nitrogen and oxygen atoms in total. The molecule has 1 atom stereocenters. The topological polar surface area (TPSA) is 26.0 Å². The number of nitrogens with two attached hydrogens (primary N) is 1. The van der Waals surface area contributed by atoms with Gasteiger partial charge in [-0.05, 0) is 42.7 Å². The summed E-state index contributed by atoms with van der Waals surface area (Å²) in [6.07, 6.45) is 2.06. The van der Waals surface area contributed by atoms with Crippen LogP contribution in [-0.2, 0) is 6.42 Å². The summed E-state index contributed by atoms with van der Waals surface area (Å²) < 4.78 is 0. The number of rotatable bonds is 6. The molecule has 0 heterocycles. The van der Waals surface area contributed by atoms with Gasteiger partial charge in [-0.15, -0.1) is 11.8 Å². The van der Waals surface area contributed by atoms with E-state index in [1.165, 1.54) is 10.5 Å². The average molecular weight is 292 g/mol. The van der Waals surface area contributed by atoms with Crippen LogP contribution < -0.4 is 5.73 Å². The van der Waals surface area contributed by atoms with Gasteiger partial charge in [-0.1, -0.05) is 41.9 Å². The molecule has 3 heteroatoms. The van der Waals surface area contributed by atoms with Gasteiger partial charge in [0.2, 0.25) is 0 Å². The van der Waals surface area contributed by atoms with Crippen LogP contribution in [0.5, 0.6) is 0 Å². The smallest absolute Gasteiger partial charge is 0.0406 e. The van der Waals surface area contributed by atoms with Crippen LogP contribution in [0.25, 0.3) is 0 Å². The van der Waals surface area contributed by atoms with Crippen molar-refractivity contribution in [1.82, 2.24) is 0 Å². The minimum absolute atomic E-state index is 0.223. The first-order valence-corrected chi connectivity index (χ1v) is 7.78. The van der Waals surface area contributed by atoms with Crippen molar-refractivity contribution in [3.05, 3.63) is 65.2 Å². The first-order chi connectivity index (χ1) is 9.24. The van der Waals surface area contributed by atoms with Gasteiger partial charge in [0, 0.05) is 21.7 Å². The lowest BCUT2D eigenvalue weighted by Crippen LogP contribution is -2.23. The van der Waals surface area contributed by atoms with Crippen molar-refractivity contribution in [2.24, 2.45) is 5.73 Å². The zero-order valence-electron chi connectivity index (χ0n) is 10.8. The first-order valence-electron chi connectivity index (χ1n) is 6.42. The van der Waals surface area contributed by atoms with Gasteiger partial charge in [0.15, 0.2) is 0 Å². The summed E-state index contributed by atoms with van der Waals surface area (Å²) in [5.74, 6) is 0.939. The Morgan fingerprint density at radius 3 is 2.37 bits per heavy atom. The number of benzene rings is 2. The monoisotopic (exact) mass is 291 g/mol. The van der Waals surface area contributed by atoms with E-state index in [1.807, 2.05) is 30.3 Å². The summed E-state index contributed by atoms with van der Waals surface area (Å²) >= 11 is 7.65. The molecule has 0 fully saturated rings. The van der Waals surface area contributed by atoms with Crippen LogP contribution >= 0.6 is 23.4 Å². The van der Waals surface area contributed by atoms with E-state index in [9.17, 15) is 0 Å². The second kappa shape index (κ2) is 7.59. The molecule has 0 spiro atoms. The second-order valence-electron chi connectivity index (χ2n) is 4.55. The van der Waals surface area contributed by atoms with Gasteiger partial charge in [-0.25, -0.2) is 0 Å². The van der Waals surface area contributed by atoms with Crippen LogP contribution in [0.3, 0.4) is 0 Å². The van der Waals surface area contributed by atoms with Crippen LogP contribution in [0, 0.1) is 0 Å². The Morgan fingerprint density at radius 1 is 1.00 bits per heavy atom. The van der Waals surface area contributed by atoms with Gasteiger partial charge in [-0.2, -0.15) is 0 Å². The molecule has 100 valence electrons. The molecule has 2 aromatic rings. The van der Waals surface area contributed by atoms with Crippen LogP contribution in [0.1, 0.15) is 12.0 Å². The second-order valence-corrected chi connectivity index (χ2v) is 6.08. The lowest BCUT2D eigenvalue weighted by Gasteiger charge is -2.11. The van der Waals surface area contributed by atoms with Crippen LogP contribution in [-0.4, -0.2) is 11.8 Å². The summed E-state index contributed by atoms with van der Waals surface area (Å²) in [4.78, 5) is 1.22. The lowest BCUT2D eigenvalue weighted by atomic mass is 10.1. The fourth-order valence-electron chi connectivity index (χ4n) is 1.81. The molecule has 0 aromatic heterocycles. The van der Waals surface area contributed by atoms with E-state index >= 15 is 0 Å². The molecule has 2 rings (SSSR count). The van der Waals surface area contributed by atoms with Crippen molar-refractivity contribution in [2.45, 2.75) is 23.8 Å². The van der Waals surface area contributed by atoms with E-state index in [0.29, 0.717) is 0 Å². The highest BCUT2D eigenvalue weighted by molar-refractivity contribution is 7.99. The van der Waals surface area contributed by atoms with Crippen molar-refractivity contribution in [3.63, 3.8) is 0 Å². The first kappa shape index (κ1) is 14.4. The van der Waals surface area contributed by atoms with Crippen LogP contribution in [0.4, 0.5) is 0 Å². The third-order valence-electron chi connectivity index (χ3n) is 2.92. The Hall–Kier alpha value is -0.960. The summed E-state index contributed by atoms with van der Waals surface area (Å²) in [6, 6.07) is 18.6. The van der Waals surface area contributed by atoms with Crippen LogP contribution in [0.2, 0.25) is 5.02 Å². The van der Waals surface area contributed by atoms with E-state index in [4.69, 9.17) is 17.3 Å². The molecule has 0 bridgehead atoms. The Labute approximate surface area is 124 Å². The normalized spacial score (nSPS) is 12.3. The quantitative estimate of drug-likeness (QED) is 0.799. The van der Waals surface area contributed by atoms with Crippen molar-refractivity contribution in [1.29, 1.82) is 0 Å². The summed E-state index contributed by atoms with van der Waals surface area (Å²) in [5.41, 5.74) is 7.51. The molecule has 2 aromatic carbocycles. The maximum atomic E-state index is 6.15. The largest absolute Gasteiger partial charge is 0.327 e.